The molecule has 1 saturated heterocycles. The van der Waals surface area contributed by atoms with Crippen LogP contribution < -0.4 is 4.74 Å². The largest absolute Gasteiger partial charge is 0.472 e. The van der Waals surface area contributed by atoms with E-state index < -0.39 is 18.5 Å². The van der Waals surface area contributed by atoms with Crippen LogP contribution >= 0.6 is 0 Å². The lowest BCUT2D eigenvalue weighted by atomic mass is 10.3. The molecule has 2 rings (SSSR count). The molecule has 0 radical (unpaired) electrons. The molecule has 19 heavy (non-hydrogen) atoms. The molecule has 104 valence electrons. The summed E-state index contributed by atoms with van der Waals surface area (Å²) < 4.78 is 41.8. The normalized spacial score (nSPS) is 19.5. The molecular weight excluding hydrogens is 263 g/mol. The summed E-state index contributed by atoms with van der Waals surface area (Å²) >= 11 is 0. The highest BCUT2D eigenvalue weighted by molar-refractivity contribution is 5.77. The lowest BCUT2D eigenvalue weighted by Crippen LogP contribution is -2.33. The van der Waals surface area contributed by atoms with Crippen molar-refractivity contribution in [3.63, 3.8) is 0 Å². The number of carbonyl (C=O) groups is 1. The maximum Gasteiger partial charge on any atom is 0.397 e. The maximum absolute atomic E-state index is 12.1. The number of halogens is 3. The van der Waals surface area contributed by atoms with Crippen LogP contribution in [0.3, 0.4) is 0 Å². The van der Waals surface area contributed by atoms with Gasteiger partial charge in [0.05, 0.1) is 6.54 Å². The fourth-order valence-corrected chi connectivity index (χ4v) is 1.85. The number of hydrogen-bond acceptors (Lipinski definition) is 4. The van der Waals surface area contributed by atoms with E-state index in [4.69, 9.17) is 4.74 Å². The predicted molar refractivity (Wildman–Crippen MR) is 58.3 cm³/mol. The Hall–Kier alpha value is -1.86. The summed E-state index contributed by atoms with van der Waals surface area (Å²) in [6.07, 6.45) is -2.91. The number of aromatic nitrogens is 2. The number of likely N-dealkylation sites (tertiary alicyclic amines) is 1. The lowest BCUT2D eigenvalue weighted by molar-refractivity contribution is -0.160. The number of carbonyl (C=O) groups excluding carboxylic acids is 1. The van der Waals surface area contributed by atoms with Gasteiger partial charge in [-0.05, 0) is 0 Å². The van der Waals surface area contributed by atoms with Gasteiger partial charge in [-0.15, -0.1) is 0 Å². The zero-order valence-corrected chi connectivity index (χ0v) is 9.93. The topological polar surface area (TPSA) is 55.3 Å². The molecule has 0 aromatic carbocycles. The molecule has 0 spiro atoms. The van der Waals surface area contributed by atoms with Crippen LogP contribution in [0.2, 0.25) is 0 Å². The van der Waals surface area contributed by atoms with Crippen molar-refractivity contribution in [1.29, 1.82) is 0 Å². The van der Waals surface area contributed by atoms with E-state index in [0.717, 1.165) is 0 Å². The summed E-state index contributed by atoms with van der Waals surface area (Å²) in [4.78, 5) is 20.1. The first-order valence-corrected chi connectivity index (χ1v) is 5.71. The van der Waals surface area contributed by atoms with Crippen molar-refractivity contribution in [2.45, 2.75) is 25.1 Å². The van der Waals surface area contributed by atoms with Gasteiger partial charge in [0.15, 0.2) is 0 Å². The SMILES string of the molecule is O=C(CC(F)(F)F)N1CCC(Oc2ccncn2)C1. The molecule has 0 aliphatic carbocycles. The molecule has 2 heterocycles. The average Bonchev–Trinajstić information content (AvgIpc) is 2.77. The lowest BCUT2D eigenvalue weighted by Gasteiger charge is -2.17. The second kappa shape index (κ2) is 5.41. The molecule has 0 bridgehead atoms. The third-order valence-corrected chi connectivity index (χ3v) is 2.69. The highest BCUT2D eigenvalue weighted by Crippen LogP contribution is 2.23. The van der Waals surface area contributed by atoms with Gasteiger partial charge in [0.1, 0.15) is 18.9 Å². The smallest absolute Gasteiger partial charge is 0.397 e. The van der Waals surface area contributed by atoms with E-state index in [1.807, 2.05) is 0 Å². The Balaban J connectivity index is 1.85. The Labute approximate surface area is 107 Å². The van der Waals surface area contributed by atoms with E-state index in [1.54, 1.807) is 6.07 Å². The first-order valence-electron chi connectivity index (χ1n) is 5.71. The third kappa shape index (κ3) is 4.08. The van der Waals surface area contributed by atoms with E-state index >= 15 is 0 Å². The minimum Gasteiger partial charge on any atom is -0.472 e. The van der Waals surface area contributed by atoms with Crippen molar-refractivity contribution >= 4 is 5.91 Å². The molecule has 1 aliphatic heterocycles. The molecule has 5 nitrogen and oxygen atoms in total. The van der Waals surface area contributed by atoms with Crippen molar-refractivity contribution in [2.75, 3.05) is 13.1 Å². The third-order valence-electron chi connectivity index (χ3n) is 2.69. The van der Waals surface area contributed by atoms with Crippen molar-refractivity contribution in [2.24, 2.45) is 0 Å². The van der Waals surface area contributed by atoms with Gasteiger partial charge in [-0.2, -0.15) is 13.2 Å². The Morgan fingerprint density at radius 3 is 2.95 bits per heavy atom. The zero-order valence-electron chi connectivity index (χ0n) is 9.93. The van der Waals surface area contributed by atoms with Gasteiger partial charge < -0.3 is 9.64 Å². The Morgan fingerprint density at radius 2 is 2.32 bits per heavy atom. The van der Waals surface area contributed by atoms with Gasteiger partial charge >= 0.3 is 6.18 Å². The predicted octanol–water partition coefficient (Wildman–Crippen LogP) is 1.41. The summed E-state index contributed by atoms with van der Waals surface area (Å²) in [6, 6.07) is 1.56. The minimum absolute atomic E-state index is 0.152. The van der Waals surface area contributed by atoms with Gasteiger partial charge in [-0.25, -0.2) is 9.97 Å². The average molecular weight is 275 g/mol. The second-order valence-corrected chi connectivity index (χ2v) is 4.21. The standard InChI is InChI=1S/C11H12F3N3O2/c12-11(13,14)5-10(18)17-4-2-8(6-17)19-9-1-3-15-7-16-9/h1,3,7-8H,2,4-6H2. The molecular formula is C11H12F3N3O2. The molecule has 1 aliphatic rings. The Bertz CT molecular complexity index is 439. The summed E-state index contributed by atoms with van der Waals surface area (Å²) in [5.74, 6) is -0.564. The maximum atomic E-state index is 12.1. The summed E-state index contributed by atoms with van der Waals surface area (Å²) in [7, 11) is 0. The van der Waals surface area contributed by atoms with Crippen molar-refractivity contribution in [3.05, 3.63) is 18.6 Å². The number of rotatable bonds is 3. The van der Waals surface area contributed by atoms with Crippen LogP contribution in [-0.2, 0) is 4.79 Å². The number of nitrogens with zero attached hydrogens (tertiary/aromatic N) is 3. The van der Waals surface area contributed by atoms with Crippen LogP contribution in [0.5, 0.6) is 5.88 Å². The highest BCUT2D eigenvalue weighted by Gasteiger charge is 2.36. The summed E-state index contributed by atoms with van der Waals surface area (Å²) in [6.45, 7) is 0.420. The molecule has 1 aromatic heterocycles. The molecule has 8 heteroatoms. The summed E-state index contributed by atoms with van der Waals surface area (Å²) in [5.41, 5.74) is 0. The highest BCUT2D eigenvalue weighted by atomic mass is 19.4. The van der Waals surface area contributed by atoms with Crippen LogP contribution in [-0.4, -0.2) is 46.1 Å². The number of ether oxygens (including phenoxy) is 1. The van der Waals surface area contributed by atoms with E-state index in [9.17, 15) is 18.0 Å². The van der Waals surface area contributed by atoms with Crippen LogP contribution in [0.1, 0.15) is 12.8 Å². The minimum atomic E-state index is -4.47. The molecule has 1 unspecified atom stereocenters. The van der Waals surface area contributed by atoms with E-state index in [1.165, 1.54) is 17.4 Å². The fourth-order valence-electron chi connectivity index (χ4n) is 1.85. The molecule has 0 saturated carbocycles. The first-order chi connectivity index (χ1) is 8.94. The van der Waals surface area contributed by atoms with E-state index in [2.05, 4.69) is 9.97 Å². The molecule has 1 aromatic rings. The van der Waals surface area contributed by atoms with Crippen LogP contribution in [0.15, 0.2) is 18.6 Å². The van der Waals surface area contributed by atoms with Crippen molar-refractivity contribution in [3.8, 4) is 5.88 Å². The zero-order chi connectivity index (χ0) is 13.9. The molecule has 1 fully saturated rings. The molecule has 1 atom stereocenters. The number of hydrogen-bond donors (Lipinski definition) is 0. The second-order valence-electron chi connectivity index (χ2n) is 4.21. The van der Waals surface area contributed by atoms with E-state index in [0.29, 0.717) is 12.3 Å². The Morgan fingerprint density at radius 1 is 1.53 bits per heavy atom. The van der Waals surface area contributed by atoms with Gasteiger partial charge in [0.2, 0.25) is 11.8 Å². The van der Waals surface area contributed by atoms with Gasteiger partial charge in [0.25, 0.3) is 0 Å². The van der Waals surface area contributed by atoms with Gasteiger partial charge in [0, 0.05) is 25.2 Å². The fraction of sp³-hybridized carbons (Fsp3) is 0.545. The van der Waals surface area contributed by atoms with Crippen molar-refractivity contribution in [1.82, 2.24) is 14.9 Å². The van der Waals surface area contributed by atoms with Crippen molar-refractivity contribution < 1.29 is 22.7 Å². The molecule has 1 amide bonds. The monoisotopic (exact) mass is 275 g/mol. The van der Waals surface area contributed by atoms with Crippen LogP contribution in [0, 0.1) is 0 Å². The van der Waals surface area contributed by atoms with Crippen LogP contribution in [0.25, 0.3) is 0 Å². The first kappa shape index (κ1) is 13.6. The Kier molecular flexibility index (Phi) is 3.87. The molecule has 0 N–H and O–H groups in total. The van der Waals surface area contributed by atoms with Crippen LogP contribution in [0.4, 0.5) is 13.2 Å². The quantitative estimate of drug-likeness (QED) is 0.837. The van der Waals surface area contributed by atoms with Gasteiger partial charge in [-0.3, -0.25) is 4.79 Å². The number of alkyl halides is 3. The summed E-state index contributed by atoms with van der Waals surface area (Å²) in [5, 5.41) is 0. The number of amides is 1. The van der Waals surface area contributed by atoms with Gasteiger partial charge in [-0.1, -0.05) is 0 Å². The van der Waals surface area contributed by atoms with E-state index in [-0.39, 0.29) is 19.2 Å².